The van der Waals surface area contributed by atoms with Crippen LogP contribution in [0.1, 0.15) is 4.88 Å². The summed E-state index contributed by atoms with van der Waals surface area (Å²) >= 11 is 5.84. The zero-order valence-electron chi connectivity index (χ0n) is 4.01. The third-order valence-electron chi connectivity index (χ3n) is 0.717. The monoisotopic (exact) mass is 130 g/mol. The molecule has 0 atom stereocenters. The molecule has 0 nitrogen and oxygen atoms in total. The van der Waals surface area contributed by atoms with Gasteiger partial charge >= 0.3 is 0 Å². The summed E-state index contributed by atoms with van der Waals surface area (Å²) in [4.78, 5) is 2.40. The van der Waals surface area contributed by atoms with Gasteiger partial charge in [-0.05, 0) is 13.0 Å². The fourth-order valence-corrected chi connectivity index (χ4v) is 1.44. The van der Waals surface area contributed by atoms with Gasteiger partial charge in [-0.3, -0.25) is 0 Å². The fraction of sp³-hybridized carbons (Fsp3) is 0.200. The van der Waals surface area contributed by atoms with E-state index in [0.29, 0.717) is 0 Å². The van der Waals surface area contributed by atoms with Crippen LogP contribution in [0.5, 0.6) is 0 Å². The Morgan fingerprint density at radius 2 is 2.43 bits per heavy atom. The highest BCUT2D eigenvalue weighted by Crippen LogP contribution is 2.15. The quantitative estimate of drug-likeness (QED) is 0.512. The topological polar surface area (TPSA) is 0 Å². The van der Waals surface area contributed by atoms with E-state index >= 15 is 0 Å². The van der Waals surface area contributed by atoms with E-state index in [4.69, 9.17) is 0 Å². The SMILES string of the molecule is Cc1cc(S)cs1. The molecule has 0 amide bonds. The minimum absolute atomic E-state index is 1.07. The van der Waals surface area contributed by atoms with Crippen LogP contribution in [-0.2, 0) is 0 Å². The summed E-state index contributed by atoms with van der Waals surface area (Å²) in [5.41, 5.74) is 0. The summed E-state index contributed by atoms with van der Waals surface area (Å²) in [6.45, 7) is 2.07. The molecule has 1 rings (SSSR count). The van der Waals surface area contributed by atoms with Gasteiger partial charge in [0.05, 0.1) is 0 Å². The fourth-order valence-electron chi connectivity index (χ4n) is 0.430. The third kappa shape index (κ3) is 1.21. The highest BCUT2D eigenvalue weighted by atomic mass is 32.1. The van der Waals surface area contributed by atoms with Gasteiger partial charge in [-0.2, -0.15) is 0 Å². The molecule has 2 heteroatoms. The maximum Gasteiger partial charge on any atom is 0.0150 e. The van der Waals surface area contributed by atoms with Crippen LogP contribution in [0.2, 0.25) is 0 Å². The van der Waals surface area contributed by atoms with Crippen molar-refractivity contribution in [1.82, 2.24) is 0 Å². The Balaban J connectivity index is 3.04. The van der Waals surface area contributed by atoms with Crippen molar-refractivity contribution in [3.05, 3.63) is 16.3 Å². The summed E-state index contributed by atoms with van der Waals surface area (Å²) in [5.74, 6) is 0. The van der Waals surface area contributed by atoms with E-state index in [1.807, 2.05) is 11.4 Å². The molecule has 0 aliphatic carbocycles. The van der Waals surface area contributed by atoms with E-state index in [0.717, 1.165) is 4.90 Å². The van der Waals surface area contributed by atoms with Gasteiger partial charge in [-0.15, -0.1) is 24.0 Å². The van der Waals surface area contributed by atoms with Crippen LogP contribution < -0.4 is 0 Å². The van der Waals surface area contributed by atoms with Crippen LogP contribution in [0.15, 0.2) is 16.3 Å². The first kappa shape index (κ1) is 5.19. The first-order valence-corrected chi connectivity index (χ1v) is 3.36. The number of thiol groups is 1. The predicted molar refractivity (Wildman–Crippen MR) is 36.3 cm³/mol. The van der Waals surface area contributed by atoms with Crippen LogP contribution in [-0.4, -0.2) is 0 Å². The molecule has 0 spiro atoms. The zero-order chi connectivity index (χ0) is 5.28. The molecular formula is C5H6S2. The largest absolute Gasteiger partial charge is 0.148 e. The molecule has 0 fully saturated rings. The lowest BCUT2D eigenvalue weighted by atomic mass is 10.5. The Bertz CT molecular complexity index is 138. The first-order chi connectivity index (χ1) is 3.29. The third-order valence-corrected chi connectivity index (χ3v) is 2.01. The van der Waals surface area contributed by atoms with E-state index in [1.165, 1.54) is 4.88 Å². The standard InChI is InChI=1S/C5H6S2/c1-4-2-5(6)3-7-4/h2-3,6H,1H3. The molecule has 0 bridgehead atoms. The molecule has 0 aliphatic rings. The number of thiophene rings is 1. The Kier molecular flexibility index (Phi) is 1.40. The van der Waals surface area contributed by atoms with Crippen molar-refractivity contribution >= 4 is 24.0 Å². The minimum atomic E-state index is 1.07. The van der Waals surface area contributed by atoms with Gasteiger partial charge in [0, 0.05) is 15.2 Å². The molecule has 0 radical (unpaired) electrons. The van der Waals surface area contributed by atoms with Gasteiger partial charge in [-0.25, -0.2) is 0 Å². The highest BCUT2D eigenvalue weighted by molar-refractivity contribution is 7.80. The Labute approximate surface area is 52.6 Å². The molecule has 0 aliphatic heterocycles. The highest BCUT2D eigenvalue weighted by Gasteiger charge is 1.85. The Morgan fingerprint density at radius 1 is 1.71 bits per heavy atom. The molecule has 7 heavy (non-hydrogen) atoms. The van der Waals surface area contributed by atoms with Gasteiger partial charge in [0.25, 0.3) is 0 Å². The van der Waals surface area contributed by atoms with Crippen molar-refractivity contribution in [2.45, 2.75) is 11.8 Å². The Hall–Kier alpha value is 0.0500. The van der Waals surface area contributed by atoms with Crippen LogP contribution in [0.25, 0.3) is 0 Å². The smallest absolute Gasteiger partial charge is 0.0150 e. The van der Waals surface area contributed by atoms with E-state index in [1.54, 1.807) is 11.3 Å². The molecule has 0 saturated carbocycles. The lowest BCUT2D eigenvalue weighted by Gasteiger charge is -1.69. The van der Waals surface area contributed by atoms with E-state index in [-0.39, 0.29) is 0 Å². The number of hydrogen-bond donors (Lipinski definition) is 1. The second-order valence-electron chi connectivity index (χ2n) is 1.42. The molecule has 0 N–H and O–H groups in total. The summed E-state index contributed by atoms with van der Waals surface area (Å²) in [6.07, 6.45) is 0. The molecular weight excluding hydrogens is 124 g/mol. The van der Waals surface area contributed by atoms with Crippen molar-refractivity contribution in [2.24, 2.45) is 0 Å². The lowest BCUT2D eigenvalue weighted by molar-refractivity contribution is 1.53. The van der Waals surface area contributed by atoms with Gasteiger partial charge in [0.2, 0.25) is 0 Å². The van der Waals surface area contributed by atoms with E-state index in [9.17, 15) is 0 Å². The molecule has 1 aromatic rings. The normalized spacial score (nSPS) is 9.43. The molecule has 0 saturated heterocycles. The number of aryl methyl sites for hydroxylation is 1. The van der Waals surface area contributed by atoms with Crippen molar-refractivity contribution in [1.29, 1.82) is 0 Å². The Morgan fingerprint density at radius 3 is 2.57 bits per heavy atom. The van der Waals surface area contributed by atoms with E-state index in [2.05, 4.69) is 19.6 Å². The van der Waals surface area contributed by atoms with Gasteiger partial charge in [-0.1, -0.05) is 0 Å². The van der Waals surface area contributed by atoms with Crippen LogP contribution >= 0.6 is 24.0 Å². The second-order valence-corrected chi connectivity index (χ2v) is 3.05. The van der Waals surface area contributed by atoms with Gasteiger partial charge < -0.3 is 0 Å². The van der Waals surface area contributed by atoms with Crippen LogP contribution in [0, 0.1) is 6.92 Å². The summed E-state index contributed by atoms with van der Waals surface area (Å²) in [7, 11) is 0. The van der Waals surface area contributed by atoms with Gasteiger partial charge in [0.15, 0.2) is 0 Å². The van der Waals surface area contributed by atoms with Crippen LogP contribution in [0.4, 0.5) is 0 Å². The lowest BCUT2D eigenvalue weighted by Crippen LogP contribution is -1.47. The maximum absolute atomic E-state index is 4.12. The van der Waals surface area contributed by atoms with Crippen molar-refractivity contribution < 1.29 is 0 Å². The van der Waals surface area contributed by atoms with Crippen molar-refractivity contribution in [2.75, 3.05) is 0 Å². The van der Waals surface area contributed by atoms with Gasteiger partial charge in [0.1, 0.15) is 0 Å². The van der Waals surface area contributed by atoms with E-state index < -0.39 is 0 Å². The minimum Gasteiger partial charge on any atom is -0.148 e. The number of rotatable bonds is 0. The van der Waals surface area contributed by atoms with Crippen LogP contribution in [0.3, 0.4) is 0 Å². The molecule has 1 heterocycles. The molecule has 38 valence electrons. The zero-order valence-corrected chi connectivity index (χ0v) is 5.72. The summed E-state index contributed by atoms with van der Waals surface area (Å²) < 4.78 is 0. The maximum atomic E-state index is 4.12. The second kappa shape index (κ2) is 1.88. The molecule has 1 aromatic heterocycles. The average molecular weight is 130 g/mol. The molecule has 0 aromatic carbocycles. The average Bonchev–Trinajstić information content (AvgIpc) is 1.87. The van der Waals surface area contributed by atoms with Crippen molar-refractivity contribution in [3.63, 3.8) is 0 Å². The molecule has 0 unspecified atom stereocenters. The first-order valence-electron chi connectivity index (χ1n) is 2.03. The van der Waals surface area contributed by atoms with Crippen molar-refractivity contribution in [3.8, 4) is 0 Å². The predicted octanol–water partition coefficient (Wildman–Crippen LogP) is 2.35. The number of hydrogen-bond acceptors (Lipinski definition) is 2. The summed E-state index contributed by atoms with van der Waals surface area (Å²) in [6, 6.07) is 2.05. The summed E-state index contributed by atoms with van der Waals surface area (Å²) in [5, 5.41) is 2.03.